The number of hydrogen-bond donors (Lipinski definition) is 0. The molecule has 0 amide bonds. The van der Waals surface area contributed by atoms with Crippen LogP contribution in [0.25, 0.3) is 0 Å². The predicted octanol–water partition coefficient (Wildman–Crippen LogP) is 3.30. The van der Waals surface area contributed by atoms with Gasteiger partial charge in [-0.15, -0.1) is 4.40 Å². The maximum absolute atomic E-state index is 13.0. The summed E-state index contributed by atoms with van der Waals surface area (Å²) in [6.07, 6.45) is 0. The van der Waals surface area contributed by atoms with Crippen LogP contribution in [0.15, 0.2) is 63.9 Å². The Morgan fingerprint density at radius 1 is 1.00 bits per heavy atom. The molecule has 0 aliphatic rings. The number of amidine groups is 1. The molecule has 122 valence electrons. The van der Waals surface area contributed by atoms with Gasteiger partial charge in [0.1, 0.15) is 11.7 Å². The van der Waals surface area contributed by atoms with Crippen molar-refractivity contribution >= 4 is 15.9 Å². The highest BCUT2D eigenvalue weighted by atomic mass is 32.2. The quantitative estimate of drug-likeness (QED) is 0.623. The SMILES string of the molecule is CCN(CC)/C(=N\S(=O)(=O)c1ccc(F)cc1)c1ccccc1. The lowest BCUT2D eigenvalue weighted by Gasteiger charge is -2.23. The fourth-order valence-corrected chi connectivity index (χ4v) is 3.21. The first kappa shape index (κ1) is 17.1. The van der Waals surface area contributed by atoms with Gasteiger partial charge in [-0.1, -0.05) is 30.3 Å². The second-order valence-electron chi connectivity index (χ2n) is 4.88. The van der Waals surface area contributed by atoms with Gasteiger partial charge >= 0.3 is 0 Å². The number of halogens is 1. The molecule has 0 aromatic heterocycles. The van der Waals surface area contributed by atoms with Crippen molar-refractivity contribution in [1.82, 2.24) is 4.90 Å². The highest BCUT2D eigenvalue weighted by Gasteiger charge is 2.18. The van der Waals surface area contributed by atoms with Crippen LogP contribution in [-0.4, -0.2) is 32.2 Å². The Bertz CT molecular complexity index is 768. The molecule has 0 heterocycles. The molecule has 0 atom stereocenters. The predicted molar refractivity (Wildman–Crippen MR) is 89.5 cm³/mol. The molecule has 0 N–H and O–H groups in total. The van der Waals surface area contributed by atoms with Gasteiger partial charge in [-0.2, -0.15) is 8.42 Å². The highest BCUT2D eigenvalue weighted by Crippen LogP contribution is 2.16. The van der Waals surface area contributed by atoms with E-state index in [9.17, 15) is 12.8 Å². The minimum Gasteiger partial charge on any atom is -0.356 e. The summed E-state index contributed by atoms with van der Waals surface area (Å²) in [6.45, 7) is 5.13. The zero-order valence-electron chi connectivity index (χ0n) is 13.1. The zero-order valence-corrected chi connectivity index (χ0v) is 13.9. The number of sulfonamides is 1. The van der Waals surface area contributed by atoms with Crippen LogP contribution in [0.1, 0.15) is 19.4 Å². The highest BCUT2D eigenvalue weighted by molar-refractivity contribution is 7.90. The molecular weight excluding hydrogens is 315 g/mol. The molecule has 2 aromatic rings. The summed E-state index contributed by atoms with van der Waals surface area (Å²) in [5, 5.41) is 0. The van der Waals surface area contributed by atoms with E-state index in [0.717, 1.165) is 17.7 Å². The fraction of sp³-hybridized carbons (Fsp3) is 0.235. The number of hydrogen-bond acceptors (Lipinski definition) is 2. The molecule has 23 heavy (non-hydrogen) atoms. The van der Waals surface area contributed by atoms with E-state index in [1.54, 1.807) is 0 Å². The lowest BCUT2D eigenvalue weighted by atomic mass is 10.2. The summed E-state index contributed by atoms with van der Waals surface area (Å²) in [5.41, 5.74) is 0.724. The third kappa shape index (κ3) is 4.16. The summed E-state index contributed by atoms with van der Waals surface area (Å²) in [7, 11) is -3.91. The van der Waals surface area contributed by atoms with Crippen LogP contribution in [0.2, 0.25) is 0 Å². The number of rotatable bonds is 5. The van der Waals surface area contributed by atoms with Gasteiger partial charge in [-0.25, -0.2) is 4.39 Å². The first-order valence-electron chi connectivity index (χ1n) is 7.38. The first-order valence-corrected chi connectivity index (χ1v) is 8.83. The third-order valence-electron chi connectivity index (χ3n) is 3.41. The van der Waals surface area contributed by atoms with E-state index in [0.29, 0.717) is 18.9 Å². The van der Waals surface area contributed by atoms with Gasteiger partial charge in [0.15, 0.2) is 0 Å². The Kier molecular flexibility index (Phi) is 5.50. The molecule has 0 unspecified atom stereocenters. The van der Waals surface area contributed by atoms with E-state index in [1.165, 1.54) is 12.1 Å². The minimum absolute atomic E-state index is 0.0283. The Hall–Kier alpha value is -2.21. The molecule has 0 spiro atoms. The Morgan fingerprint density at radius 3 is 2.09 bits per heavy atom. The van der Waals surface area contributed by atoms with Crippen LogP contribution >= 0.6 is 0 Å². The van der Waals surface area contributed by atoms with Crippen molar-refractivity contribution in [3.8, 4) is 0 Å². The third-order valence-corrected chi connectivity index (χ3v) is 4.69. The molecule has 0 bridgehead atoms. The van der Waals surface area contributed by atoms with Gasteiger partial charge in [-0.05, 0) is 38.1 Å². The van der Waals surface area contributed by atoms with Crippen LogP contribution in [0.4, 0.5) is 4.39 Å². The van der Waals surface area contributed by atoms with Gasteiger partial charge in [0.2, 0.25) is 0 Å². The van der Waals surface area contributed by atoms with Crippen molar-refractivity contribution in [3.05, 3.63) is 66.0 Å². The van der Waals surface area contributed by atoms with E-state index in [-0.39, 0.29) is 4.90 Å². The minimum atomic E-state index is -3.91. The molecule has 0 aliphatic carbocycles. The summed E-state index contributed by atoms with van der Waals surface area (Å²) in [6, 6.07) is 13.8. The van der Waals surface area contributed by atoms with Crippen LogP contribution in [-0.2, 0) is 10.0 Å². The molecular formula is C17H19FN2O2S. The van der Waals surface area contributed by atoms with Crippen molar-refractivity contribution in [2.45, 2.75) is 18.7 Å². The lowest BCUT2D eigenvalue weighted by Crippen LogP contribution is -2.32. The van der Waals surface area contributed by atoms with Crippen LogP contribution in [0.3, 0.4) is 0 Å². The van der Waals surface area contributed by atoms with Gasteiger partial charge in [0.05, 0.1) is 4.90 Å². The topological polar surface area (TPSA) is 49.7 Å². The second kappa shape index (κ2) is 7.37. The summed E-state index contributed by atoms with van der Waals surface area (Å²) >= 11 is 0. The van der Waals surface area contributed by atoms with Crippen molar-refractivity contribution in [2.24, 2.45) is 4.40 Å². The Balaban J connectivity index is 2.53. The van der Waals surface area contributed by atoms with Gasteiger partial charge < -0.3 is 4.90 Å². The number of nitrogens with zero attached hydrogens (tertiary/aromatic N) is 2. The van der Waals surface area contributed by atoms with Crippen molar-refractivity contribution in [1.29, 1.82) is 0 Å². The van der Waals surface area contributed by atoms with Gasteiger partial charge in [0.25, 0.3) is 10.0 Å². The summed E-state index contributed by atoms with van der Waals surface area (Å²) < 4.78 is 42.1. The van der Waals surface area contributed by atoms with E-state index in [4.69, 9.17) is 0 Å². The van der Waals surface area contributed by atoms with Crippen molar-refractivity contribution in [2.75, 3.05) is 13.1 Å². The maximum atomic E-state index is 13.0. The van der Waals surface area contributed by atoms with E-state index < -0.39 is 15.8 Å². The normalized spacial score (nSPS) is 12.2. The Morgan fingerprint density at radius 2 is 1.57 bits per heavy atom. The molecule has 0 radical (unpaired) electrons. The zero-order chi connectivity index (χ0) is 16.9. The van der Waals surface area contributed by atoms with E-state index >= 15 is 0 Å². The molecule has 6 heteroatoms. The summed E-state index contributed by atoms with van der Waals surface area (Å²) in [5.74, 6) is -0.0973. The van der Waals surface area contributed by atoms with Gasteiger partial charge in [-0.3, -0.25) is 0 Å². The lowest BCUT2D eigenvalue weighted by molar-refractivity contribution is 0.467. The largest absolute Gasteiger partial charge is 0.356 e. The second-order valence-corrected chi connectivity index (χ2v) is 6.49. The first-order chi connectivity index (χ1) is 11.0. The van der Waals surface area contributed by atoms with Crippen LogP contribution in [0.5, 0.6) is 0 Å². The average molecular weight is 334 g/mol. The molecule has 4 nitrogen and oxygen atoms in total. The molecule has 2 aromatic carbocycles. The van der Waals surface area contributed by atoms with E-state index in [1.807, 2.05) is 49.1 Å². The molecule has 0 fully saturated rings. The molecule has 2 rings (SSSR count). The monoisotopic (exact) mass is 334 g/mol. The van der Waals surface area contributed by atoms with Crippen molar-refractivity contribution < 1.29 is 12.8 Å². The smallest absolute Gasteiger partial charge is 0.284 e. The van der Waals surface area contributed by atoms with Crippen LogP contribution in [0, 0.1) is 5.82 Å². The Labute approximate surface area is 136 Å². The van der Waals surface area contributed by atoms with Crippen LogP contribution < -0.4 is 0 Å². The maximum Gasteiger partial charge on any atom is 0.284 e. The molecule has 0 saturated carbocycles. The number of benzene rings is 2. The standard InChI is InChI=1S/C17H19FN2O2S/c1-3-20(4-2)17(14-8-6-5-7-9-14)19-23(21,22)16-12-10-15(18)11-13-16/h5-13H,3-4H2,1-2H3/b19-17-. The molecule has 0 aliphatic heterocycles. The molecule has 0 saturated heterocycles. The van der Waals surface area contributed by atoms with Crippen molar-refractivity contribution in [3.63, 3.8) is 0 Å². The van der Waals surface area contributed by atoms with Gasteiger partial charge in [0, 0.05) is 18.7 Å². The fourth-order valence-electron chi connectivity index (χ4n) is 2.18. The average Bonchev–Trinajstić information content (AvgIpc) is 2.56. The summed E-state index contributed by atoms with van der Waals surface area (Å²) in [4.78, 5) is 1.84. The van der Waals surface area contributed by atoms with E-state index in [2.05, 4.69) is 4.40 Å².